The van der Waals surface area contributed by atoms with Crippen molar-refractivity contribution < 1.29 is 0 Å². The molecule has 1 aromatic carbocycles. The van der Waals surface area contributed by atoms with Gasteiger partial charge in [0, 0.05) is 18.8 Å². The summed E-state index contributed by atoms with van der Waals surface area (Å²) < 4.78 is 0. The van der Waals surface area contributed by atoms with Crippen LogP contribution >= 0.6 is 0 Å². The lowest BCUT2D eigenvalue weighted by atomic mass is 10.1. The van der Waals surface area contributed by atoms with E-state index >= 15 is 0 Å². The number of hydrogen-bond acceptors (Lipinski definition) is 4. The summed E-state index contributed by atoms with van der Waals surface area (Å²) in [6, 6.07) is 8.14. The minimum absolute atomic E-state index is 0.820. The van der Waals surface area contributed by atoms with Crippen molar-refractivity contribution >= 4 is 11.5 Å². The summed E-state index contributed by atoms with van der Waals surface area (Å²) in [4.78, 5) is 2.21. The van der Waals surface area contributed by atoms with Crippen molar-refractivity contribution in [2.45, 2.75) is 20.0 Å². The van der Waals surface area contributed by atoms with Crippen LogP contribution in [0.2, 0.25) is 0 Å². The Balaban J connectivity index is 1.91. The second kappa shape index (κ2) is 3.73. The van der Waals surface area contributed by atoms with Crippen molar-refractivity contribution in [3.05, 3.63) is 47.2 Å². The van der Waals surface area contributed by atoms with Gasteiger partial charge in [0.2, 0.25) is 0 Å². The summed E-state index contributed by atoms with van der Waals surface area (Å²) in [5.41, 5.74) is 10.4. The van der Waals surface area contributed by atoms with E-state index in [0.717, 1.165) is 30.2 Å². The lowest BCUT2D eigenvalue weighted by Gasteiger charge is -2.15. The first-order valence-corrected chi connectivity index (χ1v) is 5.64. The van der Waals surface area contributed by atoms with E-state index in [0.29, 0.717) is 0 Å². The number of aromatic nitrogens is 2. The first-order chi connectivity index (χ1) is 8.22. The van der Waals surface area contributed by atoms with E-state index in [-0.39, 0.29) is 0 Å². The number of hydrogen-bond donors (Lipinski definition) is 1. The van der Waals surface area contributed by atoms with Gasteiger partial charge in [-0.1, -0.05) is 6.07 Å². The monoisotopic (exact) mass is 226 g/mol. The number of anilines is 2. The Morgan fingerprint density at radius 1 is 1.18 bits per heavy atom. The van der Waals surface area contributed by atoms with Gasteiger partial charge in [-0.2, -0.15) is 5.10 Å². The van der Waals surface area contributed by atoms with Crippen molar-refractivity contribution in [3.63, 3.8) is 0 Å². The highest BCUT2D eigenvalue weighted by Crippen LogP contribution is 2.28. The van der Waals surface area contributed by atoms with E-state index in [2.05, 4.69) is 27.2 Å². The van der Waals surface area contributed by atoms with Crippen LogP contribution in [0.4, 0.5) is 11.5 Å². The molecule has 86 valence electrons. The zero-order chi connectivity index (χ0) is 11.8. The highest BCUT2D eigenvalue weighted by Gasteiger charge is 2.20. The third-order valence-electron chi connectivity index (χ3n) is 3.06. The van der Waals surface area contributed by atoms with E-state index < -0.39 is 0 Å². The Labute approximate surface area is 100 Å². The van der Waals surface area contributed by atoms with E-state index in [1.165, 1.54) is 11.1 Å². The van der Waals surface area contributed by atoms with E-state index in [1.54, 1.807) is 6.20 Å². The first-order valence-electron chi connectivity index (χ1n) is 5.64. The molecular formula is C13H14N4. The predicted octanol–water partition coefficient (Wildman–Crippen LogP) is 1.89. The highest BCUT2D eigenvalue weighted by atomic mass is 15.3. The fourth-order valence-electron chi connectivity index (χ4n) is 2.18. The molecule has 4 heteroatoms. The van der Waals surface area contributed by atoms with Gasteiger partial charge in [-0.15, -0.1) is 5.10 Å². The standard InChI is InChI=1S/C13H14N4/c1-9-4-13(16-15-6-9)17-7-10-2-3-12(14)5-11(10)8-17/h2-6H,7-8,14H2,1H3. The minimum Gasteiger partial charge on any atom is -0.399 e. The van der Waals surface area contributed by atoms with Crippen LogP contribution in [-0.2, 0) is 13.1 Å². The summed E-state index contributed by atoms with van der Waals surface area (Å²) in [5, 5.41) is 8.16. The Kier molecular flexibility index (Phi) is 2.21. The number of nitrogen functional groups attached to an aromatic ring is 1. The molecular weight excluding hydrogens is 212 g/mol. The summed E-state index contributed by atoms with van der Waals surface area (Å²) in [7, 11) is 0. The smallest absolute Gasteiger partial charge is 0.152 e. The summed E-state index contributed by atoms with van der Waals surface area (Å²) >= 11 is 0. The molecule has 1 aliphatic heterocycles. The minimum atomic E-state index is 0.820. The molecule has 0 aliphatic carbocycles. The van der Waals surface area contributed by atoms with Crippen LogP contribution in [0.5, 0.6) is 0 Å². The summed E-state index contributed by atoms with van der Waals surface area (Å²) in [5.74, 6) is 0.930. The molecule has 1 aromatic heterocycles. The quantitative estimate of drug-likeness (QED) is 0.754. The van der Waals surface area contributed by atoms with Crippen molar-refractivity contribution in [2.75, 3.05) is 10.6 Å². The molecule has 2 N–H and O–H groups in total. The SMILES string of the molecule is Cc1cnnc(N2Cc3ccc(N)cc3C2)c1. The first kappa shape index (κ1) is 10.1. The lowest BCUT2D eigenvalue weighted by Crippen LogP contribution is -2.16. The molecule has 0 atom stereocenters. The molecule has 4 nitrogen and oxygen atoms in total. The zero-order valence-electron chi connectivity index (χ0n) is 9.72. The summed E-state index contributed by atoms with van der Waals surface area (Å²) in [6.07, 6.45) is 1.77. The van der Waals surface area contributed by atoms with E-state index in [4.69, 9.17) is 5.73 Å². The molecule has 0 amide bonds. The third-order valence-corrected chi connectivity index (χ3v) is 3.06. The molecule has 0 bridgehead atoms. The molecule has 0 radical (unpaired) electrons. The van der Waals surface area contributed by atoms with Crippen molar-refractivity contribution in [1.82, 2.24) is 10.2 Å². The lowest BCUT2D eigenvalue weighted by molar-refractivity contribution is 0.828. The van der Waals surface area contributed by atoms with Gasteiger partial charge in [-0.3, -0.25) is 0 Å². The molecule has 2 heterocycles. The average molecular weight is 226 g/mol. The second-order valence-electron chi connectivity index (χ2n) is 4.48. The number of nitrogens with zero attached hydrogens (tertiary/aromatic N) is 3. The van der Waals surface area contributed by atoms with Crippen LogP contribution in [0, 0.1) is 6.92 Å². The number of aryl methyl sites for hydroxylation is 1. The number of nitrogens with two attached hydrogens (primary N) is 1. The predicted molar refractivity (Wildman–Crippen MR) is 67.5 cm³/mol. The van der Waals surface area contributed by atoms with Crippen LogP contribution in [-0.4, -0.2) is 10.2 Å². The second-order valence-corrected chi connectivity index (χ2v) is 4.48. The van der Waals surface area contributed by atoms with Crippen molar-refractivity contribution in [2.24, 2.45) is 0 Å². The van der Waals surface area contributed by atoms with Crippen molar-refractivity contribution in [3.8, 4) is 0 Å². The summed E-state index contributed by atoms with van der Waals surface area (Å²) in [6.45, 7) is 3.77. The molecule has 0 saturated heterocycles. The van der Waals surface area contributed by atoms with Gasteiger partial charge >= 0.3 is 0 Å². The number of benzene rings is 1. The maximum atomic E-state index is 5.79. The van der Waals surface area contributed by atoms with Crippen LogP contribution < -0.4 is 10.6 Å². The van der Waals surface area contributed by atoms with Gasteiger partial charge in [0.15, 0.2) is 5.82 Å². The van der Waals surface area contributed by atoms with Gasteiger partial charge in [0.25, 0.3) is 0 Å². The average Bonchev–Trinajstić information content (AvgIpc) is 2.72. The molecule has 0 unspecified atom stereocenters. The molecule has 0 spiro atoms. The maximum absolute atomic E-state index is 5.79. The third kappa shape index (κ3) is 1.82. The van der Waals surface area contributed by atoms with Gasteiger partial charge in [-0.25, -0.2) is 0 Å². The molecule has 2 aromatic rings. The van der Waals surface area contributed by atoms with Gasteiger partial charge in [0.1, 0.15) is 0 Å². The molecule has 1 aliphatic rings. The Morgan fingerprint density at radius 3 is 2.82 bits per heavy atom. The van der Waals surface area contributed by atoms with Crippen LogP contribution in [0.15, 0.2) is 30.5 Å². The van der Waals surface area contributed by atoms with Crippen LogP contribution in [0.1, 0.15) is 16.7 Å². The van der Waals surface area contributed by atoms with Crippen LogP contribution in [0.3, 0.4) is 0 Å². The number of fused-ring (bicyclic) bond motifs is 1. The van der Waals surface area contributed by atoms with E-state index in [1.807, 2.05) is 19.1 Å². The topological polar surface area (TPSA) is 55.0 Å². The van der Waals surface area contributed by atoms with Gasteiger partial charge in [0.05, 0.1) is 6.20 Å². The fraction of sp³-hybridized carbons (Fsp3) is 0.231. The molecule has 17 heavy (non-hydrogen) atoms. The Morgan fingerprint density at radius 2 is 2.00 bits per heavy atom. The van der Waals surface area contributed by atoms with Crippen molar-refractivity contribution in [1.29, 1.82) is 0 Å². The largest absolute Gasteiger partial charge is 0.399 e. The number of rotatable bonds is 1. The van der Waals surface area contributed by atoms with Gasteiger partial charge < -0.3 is 10.6 Å². The van der Waals surface area contributed by atoms with E-state index in [9.17, 15) is 0 Å². The zero-order valence-corrected chi connectivity index (χ0v) is 9.72. The van der Waals surface area contributed by atoms with Crippen LogP contribution in [0.25, 0.3) is 0 Å². The highest BCUT2D eigenvalue weighted by molar-refractivity contribution is 5.52. The normalized spacial score (nSPS) is 13.8. The molecule has 0 saturated carbocycles. The maximum Gasteiger partial charge on any atom is 0.152 e. The molecule has 0 fully saturated rings. The fourth-order valence-corrected chi connectivity index (χ4v) is 2.18. The Hall–Kier alpha value is -2.10. The Bertz CT molecular complexity index is 565. The molecule has 3 rings (SSSR count). The van der Waals surface area contributed by atoms with Gasteiger partial charge in [-0.05, 0) is 41.8 Å².